The van der Waals surface area contributed by atoms with Crippen molar-refractivity contribution < 1.29 is 9.53 Å². The number of ether oxygens (including phenoxy) is 1. The molecule has 1 atom stereocenters. The fourth-order valence-electron chi connectivity index (χ4n) is 1.57. The van der Waals surface area contributed by atoms with E-state index in [1.807, 2.05) is 0 Å². The highest BCUT2D eigenvalue weighted by Gasteiger charge is 2.22. The number of carbonyl (C=O) groups excluding carboxylic acids is 1. The number of nitrogens with one attached hydrogen (secondary N) is 2. The minimum atomic E-state index is -0.503. The molecule has 2 N–H and O–H groups in total. The molecule has 0 saturated carbocycles. The first-order chi connectivity index (χ1) is 8.59. The largest absolute Gasteiger partial charge is 0.366 e. The molecule has 18 heavy (non-hydrogen) atoms. The van der Waals surface area contributed by atoms with Crippen molar-refractivity contribution in [3.63, 3.8) is 0 Å². The number of rotatable bonds is 2. The Hall–Kier alpha value is -0.330. The molecule has 0 aliphatic carbocycles. The molecular weight excluding hydrogens is 343 g/mol. The molecule has 0 aromatic heterocycles. The molecule has 1 aromatic carbocycles. The third-order valence-corrected chi connectivity index (χ3v) is 4.28. The number of halogens is 3. The van der Waals surface area contributed by atoms with Gasteiger partial charge in [0.05, 0.1) is 22.3 Å². The maximum Gasteiger partial charge on any atom is 0.254 e. The first kappa shape index (κ1) is 14.1. The predicted molar refractivity (Wildman–Crippen MR) is 75.4 cm³/mol. The Labute approximate surface area is 123 Å². The lowest BCUT2D eigenvalue weighted by molar-refractivity contribution is -0.128. The van der Waals surface area contributed by atoms with Crippen LogP contribution < -0.4 is 10.6 Å². The summed E-state index contributed by atoms with van der Waals surface area (Å²) < 4.78 is 6.03. The Morgan fingerprint density at radius 2 is 2.22 bits per heavy atom. The number of amides is 1. The van der Waals surface area contributed by atoms with E-state index in [1.54, 1.807) is 12.1 Å². The summed E-state index contributed by atoms with van der Waals surface area (Å²) >= 11 is 15.3. The van der Waals surface area contributed by atoms with Gasteiger partial charge in [0.25, 0.3) is 5.91 Å². The number of morpholine rings is 1. The number of hydrogen-bond acceptors (Lipinski definition) is 3. The van der Waals surface area contributed by atoms with E-state index in [-0.39, 0.29) is 5.91 Å². The van der Waals surface area contributed by atoms with Crippen LogP contribution in [0.1, 0.15) is 0 Å². The molecular formula is C11H11BrCl2N2O2. The lowest BCUT2D eigenvalue weighted by Crippen LogP contribution is -2.45. The third-order valence-electron chi connectivity index (χ3n) is 2.51. The van der Waals surface area contributed by atoms with Crippen LogP contribution in [0.2, 0.25) is 10.0 Å². The molecule has 1 aliphatic rings. The van der Waals surface area contributed by atoms with E-state index in [9.17, 15) is 4.79 Å². The van der Waals surface area contributed by atoms with Crippen LogP contribution in [0.5, 0.6) is 0 Å². The molecule has 0 spiro atoms. The van der Waals surface area contributed by atoms with Gasteiger partial charge in [0.15, 0.2) is 0 Å². The first-order valence-electron chi connectivity index (χ1n) is 5.36. The van der Waals surface area contributed by atoms with Crippen LogP contribution in [0.25, 0.3) is 0 Å². The van der Waals surface area contributed by atoms with Crippen LogP contribution in [0.3, 0.4) is 0 Å². The molecule has 0 radical (unpaired) electrons. The summed E-state index contributed by atoms with van der Waals surface area (Å²) in [6, 6.07) is 3.41. The fourth-order valence-corrected chi connectivity index (χ4v) is 2.39. The lowest BCUT2D eigenvalue weighted by Gasteiger charge is -2.23. The van der Waals surface area contributed by atoms with E-state index in [4.69, 9.17) is 27.9 Å². The monoisotopic (exact) mass is 352 g/mol. The van der Waals surface area contributed by atoms with E-state index in [2.05, 4.69) is 26.6 Å². The smallest absolute Gasteiger partial charge is 0.254 e. The maximum absolute atomic E-state index is 11.9. The Kier molecular flexibility index (Phi) is 4.86. The summed E-state index contributed by atoms with van der Waals surface area (Å²) in [6.45, 7) is 1.77. The van der Waals surface area contributed by atoms with Crippen LogP contribution >= 0.6 is 39.1 Å². The zero-order chi connectivity index (χ0) is 13.1. The second-order valence-electron chi connectivity index (χ2n) is 3.78. The van der Waals surface area contributed by atoms with Gasteiger partial charge >= 0.3 is 0 Å². The quantitative estimate of drug-likeness (QED) is 0.804. The van der Waals surface area contributed by atoms with E-state index in [1.165, 1.54) is 0 Å². The van der Waals surface area contributed by atoms with Gasteiger partial charge in [0.1, 0.15) is 6.10 Å². The second-order valence-corrected chi connectivity index (χ2v) is 5.39. The van der Waals surface area contributed by atoms with E-state index < -0.39 is 6.10 Å². The van der Waals surface area contributed by atoms with Gasteiger partial charge in [0, 0.05) is 17.6 Å². The van der Waals surface area contributed by atoms with Gasteiger partial charge in [0.2, 0.25) is 0 Å². The summed E-state index contributed by atoms with van der Waals surface area (Å²) in [6.07, 6.45) is -0.503. The summed E-state index contributed by atoms with van der Waals surface area (Å²) in [5.74, 6) is -0.234. The molecule has 1 saturated heterocycles. The summed E-state index contributed by atoms with van der Waals surface area (Å²) in [5.41, 5.74) is 0.476. The minimum absolute atomic E-state index is 0.234. The Bertz CT molecular complexity index is 465. The molecule has 1 heterocycles. The van der Waals surface area contributed by atoms with Crippen molar-refractivity contribution in [2.45, 2.75) is 6.10 Å². The summed E-state index contributed by atoms with van der Waals surface area (Å²) in [5, 5.41) is 6.47. The van der Waals surface area contributed by atoms with Crippen LogP contribution in [0.15, 0.2) is 16.6 Å². The van der Waals surface area contributed by atoms with Crippen LogP contribution in [-0.4, -0.2) is 31.7 Å². The molecule has 4 nitrogen and oxygen atoms in total. The van der Waals surface area contributed by atoms with Crippen molar-refractivity contribution in [2.75, 3.05) is 25.0 Å². The van der Waals surface area contributed by atoms with Gasteiger partial charge in [-0.3, -0.25) is 4.79 Å². The van der Waals surface area contributed by atoms with E-state index in [0.717, 1.165) is 6.54 Å². The van der Waals surface area contributed by atoms with Crippen LogP contribution in [0, 0.1) is 0 Å². The molecule has 0 bridgehead atoms. The average Bonchev–Trinajstić information content (AvgIpc) is 2.40. The van der Waals surface area contributed by atoms with Gasteiger partial charge in [-0.05, 0) is 28.1 Å². The third kappa shape index (κ3) is 3.16. The summed E-state index contributed by atoms with van der Waals surface area (Å²) in [7, 11) is 0. The standard InChI is InChI=1S/C11H11BrCl2N2O2/c12-6-1-2-7(10(14)9(6)13)16-11(17)8-5-15-3-4-18-8/h1-2,8,15H,3-5H2,(H,16,17). The SMILES string of the molecule is O=C(Nc1ccc(Br)c(Cl)c1Cl)C1CNCCO1. The highest BCUT2D eigenvalue weighted by molar-refractivity contribution is 9.10. The second kappa shape index (κ2) is 6.21. The van der Waals surface area contributed by atoms with E-state index >= 15 is 0 Å². The minimum Gasteiger partial charge on any atom is -0.366 e. The van der Waals surface area contributed by atoms with Crippen molar-refractivity contribution in [1.82, 2.24) is 5.32 Å². The fraction of sp³-hybridized carbons (Fsp3) is 0.364. The van der Waals surface area contributed by atoms with Gasteiger partial charge < -0.3 is 15.4 Å². The van der Waals surface area contributed by atoms with Gasteiger partial charge in [-0.2, -0.15) is 0 Å². The molecule has 1 fully saturated rings. The molecule has 2 rings (SSSR count). The molecule has 98 valence electrons. The Balaban J connectivity index is 2.09. The molecule has 1 amide bonds. The lowest BCUT2D eigenvalue weighted by atomic mass is 10.2. The van der Waals surface area contributed by atoms with E-state index in [0.29, 0.717) is 33.4 Å². The number of anilines is 1. The van der Waals surface area contributed by atoms with Gasteiger partial charge in [-0.25, -0.2) is 0 Å². The number of carbonyl (C=O) groups is 1. The molecule has 1 aromatic rings. The van der Waals surface area contributed by atoms with Gasteiger partial charge in [-0.1, -0.05) is 23.2 Å². The maximum atomic E-state index is 11.9. The summed E-state index contributed by atoms with van der Waals surface area (Å²) in [4.78, 5) is 11.9. The normalized spacial score (nSPS) is 19.6. The molecule has 1 aliphatic heterocycles. The molecule has 1 unspecified atom stereocenters. The highest BCUT2D eigenvalue weighted by Crippen LogP contribution is 2.35. The van der Waals surface area contributed by atoms with Crippen LogP contribution in [-0.2, 0) is 9.53 Å². The first-order valence-corrected chi connectivity index (χ1v) is 6.91. The van der Waals surface area contributed by atoms with Crippen molar-refractivity contribution in [1.29, 1.82) is 0 Å². The van der Waals surface area contributed by atoms with Crippen LogP contribution in [0.4, 0.5) is 5.69 Å². The van der Waals surface area contributed by atoms with Crippen molar-refractivity contribution >= 4 is 50.7 Å². The number of hydrogen-bond donors (Lipinski definition) is 2. The van der Waals surface area contributed by atoms with Crippen molar-refractivity contribution in [3.05, 3.63) is 26.7 Å². The highest BCUT2D eigenvalue weighted by atomic mass is 79.9. The Morgan fingerprint density at radius 3 is 2.89 bits per heavy atom. The Morgan fingerprint density at radius 1 is 1.44 bits per heavy atom. The topological polar surface area (TPSA) is 50.4 Å². The van der Waals surface area contributed by atoms with Crippen molar-refractivity contribution in [3.8, 4) is 0 Å². The molecule has 7 heteroatoms. The number of benzene rings is 1. The zero-order valence-corrected chi connectivity index (χ0v) is 12.4. The zero-order valence-electron chi connectivity index (χ0n) is 9.30. The predicted octanol–water partition coefficient (Wildman–Crippen LogP) is 2.68. The average molecular weight is 354 g/mol. The van der Waals surface area contributed by atoms with Crippen molar-refractivity contribution in [2.24, 2.45) is 0 Å². The van der Waals surface area contributed by atoms with Gasteiger partial charge in [-0.15, -0.1) is 0 Å².